The number of anilines is 1. The average molecular weight is 835 g/mol. The highest BCUT2D eigenvalue weighted by Gasteiger charge is 2.64. The molecular weight excluding hydrogens is 781 g/mol. The highest BCUT2D eigenvalue weighted by atomic mass is 33.1. The molecule has 312 valence electrons. The molecule has 15 heteroatoms. The van der Waals surface area contributed by atoms with Crippen molar-refractivity contribution in [3.63, 3.8) is 0 Å². The Hall–Kier alpha value is -3.86. The van der Waals surface area contributed by atoms with Crippen LogP contribution in [-0.2, 0) is 33.6 Å². The van der Waals surface area contributed by atoms with Gasteiger partial charge in [0.05, 0.1) is 12.3 Å². The number of pyridine rings is 1. The molecule has 3 aromatic rings. The summed E-state index contributed by atoms with van der Waals surface area (Å²) in [5, 5.41) is 33.1. The molecule has 5 heterocycles. The first-order valence-electron chi connectivity index (χ1n) is 20.1. The number of amides is 1. The number of nitrogens with one attached hydrogen (secondary N) is 1. The van der Waals surface area contributed by atoms with Crippen LogP contribution in [0.3, 0.4) is 0 Å². The fourth-order valence-corrected chi connectivity index (χ4v) is 11.8. The lowest BCUT2D eigenvalue weighted by molar-refractivity contribution is -0.183. The highest BCUT2D eigenvalue weighted by Crippen LogP contribution is 2.58. The number of carbonyl (C=O) groups excluding carboxylic acids is 2. The number of fused-ring (bicyclic) bond motifs is 7. The molecule has 0 bridgehead atoms. The number of ether oxygens (including phenoxy) is 2. The van der Waals surface area contributed by atoms with Crippen LogP contribution in [-0.4, -0.2) is 106 Å². The number of hydrogen-bond donors (Lipinski definition) is 5. The predicted molar refractivity (Wildman–Crippen MR) is 226 cm³/mol. The maximum absolute atomic E-state index is 14.1. The van der Waals surface area contributed by atoms with Crippen LogP contribution < -0.4 is 21.4 Å². The van der Waals surface area contributed by atoms with Crippen LogP contribution in [0.2, 0.25) is 0 Å². The molecule has 1 aliphatic carbocycles. The van der Waals surface area contributed by atoms with Crippen LogP contribution in [0.4, 0.5) is 5.82 Å². The number of nitrogens with two attached hydrogens (primary N) is 1. The molecule has 6 N–H and O–H groups in total. The second kappa shape index (κ2) is 17.8. The van der Waals surface area contributed by atoms with E-state index in [2.05, 4.69) is 16.4 Å². The Labute approximate surface area is 346 Å². The van der Waals surface area contributed by atoms with Gasteiger partial charge in [-0.3, -0.25) is 4.79 Å². The molecule has 2 aromatic heterocycles. The maximum Gasteiger partial charge on any atom is 0.339 e. The summed E-state index contributed by atoms with van der Waals surface area (Å²) in [5.74, 6) is 1.24. The maximum atomic E-state index is 14.1. The summed E-state index contributed by atoms with van der Waals surface area (Å²) in [6.45, 7) is 4.78. The zero-order valence-electron chi connectivity index (χ0n) is 33.3. The summed E-state index contributed by atoms with van der Waals surface area (Å²) in [6, 6.07) is 7.41. The Balaban J connectivity index is 1.36. The van der Waals surface area contributed by atoms with E-state index < -0.39 is 28.7 Å². The van der Waals surface area contributed by atoms with Gasteiger partial charge in [0.25, 0.3) is 0 Å². The van der Waals surface area contributed by atoms with Gasteiger partial charge in [0.2, 0.25) is 5.91 Å². The fourth-order valence-electron chi connectivity index (χ4n) is 9.26. The number of aromatic nitrogens is 1. The van der Waals surface area contributed by atoms with Crippen LogP contribution in [0.1, 0.15) is 67.7 Å². The number of nitrogens with zero attached hydrogens (tertiary/aromatic N) is 2. The van der Waals surface area contributed by atoms with Crippen LogP contribution in [0.15, 0.2) is 63.0 Å². The van der Waals surface area contributed by atoms with Crippen molar-refractivity contribution in [3.05, 3.63) is 86.4 Å². The van der Waals surface area contributed by atoms with E-state index in [9.17, 15) is 29.7 Å². The monoisotopic (exact) mass is 834 g/mol. The molecule has 0 radical (unpaired) electrons. The highest BCUT2D eigenvalue weighted by molar-refractivity contribution is 8.76. The molecule has 6 atom stereocenters. The van der Waals surface area contributed by atoms with E-state index in [1.807, 2.05) is 31.0 Å². The summed E-state index contributed by atoms with van der Waals surface area (Å²) in [4.78, 5) is 47.9. The van der Waals surface area contributed by atoms with E-state index in [4.69, 9.17) is 19.6 Å². The molecular formula is C43H54N4O9S2. The van der Waals surface area contributed by atoms with Gasteiger partial charge in [-0.1, -0.05) is 39.3 Å². The van der Waals surface area contributed by atoms with Gasteiger partial charge < -0.3 is 45.2 Å². The van der Waals surface area contributed by atoms with Crippen LogP contribution in [0, 0.1) is 11.8 Å². The van der Waals surface area contributed by atoms with E-state index in [1.54, 1.807) is 52.9 Å². The van der Waals surface area contributed by atoms with Gasteiger partial charge in [-0.25, -0.2) is 14.6 Å². The van der Waals surface area contributed by atoms with Crippen molar-refractivity contribution in [2.24, 2.45) is 11.8 Å². The Morgan fingerprint density at radius 3 is 2.74 bits per heavy atom. The van der Waals surface area contributed by atoms with Crippen LogP contribution >= 0.6 is 21.6 Å². The van der Waals surface area contributed by atoms with Gasteiger partial charge in [-0.05, 0) is 81.0 Å². The second-order valence-electron chi connectivity index (χ2n) is 16.1. The number of rotatable bonds is 12. The van der Waals surface area contributed by atoms with Crippen molar-refractivity contribution in [2.45, 2.75) is 82.0 Å². The van der Waals surface area contributed by atoms with Gasteiger partial charge >= 0.3 is 11.6 Å². The normalized spacial score (nSPS) is 26.3. The summed E-state index contributed by atoms with van der Waals surface area (Å²) in [6.07, 6.45) is 7.70. The molecule has 1 amide bonds. The molecule has 1 spiro atoms. The summed E-state index contributed by atoms with van der Waals surface area (Å²) in [7, 11) is 5.41. The van der Waals surface area contributed by atoms with E-state index in [0.29, 0.717) is 83.7 Å². The number of aliphatic hydroxyl groups excluding tert-OH is 3. The Kier molecular flexibility index (Phi) is 13.0. The summed E-state index contributed by atoms with van der Waals surface area (Å²) < 4.78 is 19.7. The Morgan fingerprint density at radius 1 is 1.17 bits per heavy atom. The molecule has 1 saturated heterocycles. The van der Waals surface area contributed by atoms with Crippen LogP contribution in [0.5, 0.6) is 5.75 Å². The standard InChI is InChI=1S/C43H54N4O9S2/c1-4-26(8-11-49)41(53)56-42(2)9-7-27-23-57-58-24-34-32(19-45-3)21-47(34)38(51)15-31-20-46-37(44)16-33(31)39(27)43(42)18-30-14-28-13-29(12-25(22-50)6-5-10-48)40(52)54-35(28)17-36(30)55-43/h4,7,13-14,16-17,20,25,32,34,39,45,48-50H,5-6,8-12,15,18-19,21-24H2,1-3H3,(H2,44,46). The first-order chi connectivity index (χ1) is 28.0. The lowest BCUT2D eigenvalue weighted by Crippen LogP contribution is -2.64. The lowest BCUT2D eigenvalue weighted by Gasteiger charge is -2.53. The van der Waals surface area contributed by atoms with E-state index >= 15 is 0 Å². The summed E-state index contributed by atoms with van der Waals surface area (Å²) >= 11 is 0. The third-order valence-corrected chi connectivity index (χ3v) is 14.8. The number of esters is 1. The number of nitrogen functional groups attached to an aromatic ring is 1. The van der Waals surface area contributed by atoms with Crippen molar-refractivity contribution in [1.29, 1.82) is 0 Å². The minimum absolute atomic E-state index is 0.00196. The van der Waals surface area contributed by atoms with E-state index in [1.165, 1.54) is 0 Å². The largest absolute Gasteiger partial charge is 0.481 e. The Morgan fingerprint density at radius 2 is 2.00 bits per heavy atom. The van der Waals surface area contributed by atoms with Crippen molar-refractivity contribution in [3.8, 4) is 5.75 Å². The molecule has 13 nitrogen and oxygen atoms in total. The molecule has 4 aliphatic rings. The second-order valence-corrected chi connectivity index (χ2v) is 18.6. The smallest absolute Gasteiger partial charge is 0.339 e. The first-order valence-corrected chi connectivity index (χ1v) is 22.6. The van der Waals surface area contributed by atoms with E-state index in [0.717, 1.165) is 29.0 Å². The predicted octanol–water partition coefficient (Wildman–Crippen LogP) is 4.10. The number of benzene rings is 1. The third kappa shape index (κ3) is 8.05. The number of aliphatic hydroxyl groups is 3. The zero-order chi connectivity index (χ0) is 41.2. The topological polar surface area (TPSA) is 198 Å². The minimum Gasteiger partial charge on any atom is -0.481 e. The third-order valence-electron chi connectivity index (χ3n) is 12.5. The van der Waals surface area contributed by atoms with E-state index in [-0.39, 0.29) is 56.3 Å². The zero-order valence-corrected chi connectivity index (χ0v) is 35.0. The minimum atomic E-state index is -1.28. The molecule has 0 saturated carbocycles. The van der Waals surface area contributed by atoms with Gasteiger partial charge in [0, 0.05) is 104 Å². The molecule has 3 aliphatic heterocycles. The molecule has 1 aromatic carbocycles. The van der Waals surface area contributed by atoms with Crippen molar-refractivity contribution in [1.82, 2.24) is 15.2 Å². The average Bonchev–Trinajstić information content (AvgIpc) is 3.56. The van der Waals surface area contributed by atoms with Crippen molar-refractivity contribution < 1.29 is 38.8 Å². The van der Waals surface area contributed by atoms with Gasteiger partial charge in [0.1, 0.15) is 17.2 Å². The van der Waals surface area contributed by atoms with Crippen molar-refractivity contribution >= 4 is 50.3 Å². The molecule has 58 heavy (non-hydrogen) atoms. The number of hydrogen-bond acceptors (Lipinski definition) is 14. The van der Waals surface area contributed by atoms with Gasteiger partial charge in [-0.2, -0.15) is 0 Å². The molecule has 7 rings (SSSR count). The summed E-state index contributed by atoms with van der Waals surface area (Å²) in [5.41, 5.74) is 7.88. The Bertz CT molecular complexity index is 2160. The van der Waals surface area contributed by atoms with Gasteiger partial charge in [-0.15, -0.1) is 0 Å². The quantitative estimate of drug-likeness (QED) is 0.0575. The van der Waals surface area contributed by atoms with Gasteiger partial charge in [0.15, 0.2) is 11.2 Å². The number of allylic oxidation sites excluding steroid dienone is 1. The fraction of sp³-hybridized carbons (Fsp3) is 0.535. The molecule has 6 unspecified atom stereocenters. The lowest BCUT2D eigenvalue weighted by atomic mass is 9.61. The van der Waals surface area contributed by atoms with Crippen molar-refractivity contribution in [2.75, 3.05) is 57.2 Å². The first kappa shape index (κ1) is 42.3. The SMILES string of the molecule is CC=C(CCO)C(=O)OC1(C)CC=C2CSSCC3C(CNC)CN3C(=O)Cc3cnc(N)cc3C2C12Cc1cc3cc(CC(CO)CCCO)c(=O)oc3cc1O2. The van der Waals surface area contributed by atoms with Crippen LogP contribution in [0.25, 0.3) is 11.0 Å². The molecule has 1 fully saturated rings. The number of carbonyl (C=O) groups is 2.